The van der Waals surface area contributed by atoms with Crippen LogP contribution in [0.25, 0.3) is 209 Å². The molecule has 544 valence electrons. The summed E-state index contributed by atoms with van der Waals surface area (Å²) >= 11 is 3.77. The highest BCUT2D eigenvalue weighted by atomic mass is 32.1. The molecule has 0 aliphatic heterocycles. The van der Waals surface area contributed by atoms with Gasteiger partial charge in [0.15, 0.2) is 23.3 Å². The third-order valence-corrected chi connectivity index (χ3v) is 24.1. The summed E-state index contributed by atoms with van der Waals surface area (Å²) in [6.45, 7) is 0. The Bertz CT molecular complexity index is 6910. The summed E-state index contributed by atoms with van der Waals surface area (Å²) < 4.78 is 7.37. The number of fused-ring (bicyclic) bond motifs is 10. The van der Waals surface area contributed by atoms with E-state index < -0.39 is 0 Å². The van der Waals surface area contributed by atoms with Crippen molar-refractivity contribution in [2.24, 2.45) is 0 Å². The Kier molecular flexibility index (Phi) is 17.7. The number of nitrogens with zero attached hydrogens (tertiary/aromatic N) is 11. The Labute approximate surface area is 675 Å². The van der Waals surface area contributed by atoms with Crippen LogP contribution in [0.15, 0.2) is 395 Å². The van der Waals surface area contributed by atoms with E-state index in [1.807, 2.05) is 83.6 Å². The average Bonchev–Trinajstić information content (AvgIpc) is 1.56. The van der Waals surface area contributed by atoms with E-state index in [2.05, 4.69) is 326 Å². The maximum absolute atomic E-state index is 5.10. The Balaban J connectivity index is 0.000000145. The minimum absolute atomic E-state index is 0.594. The van der Waals surface area contributed by atoms with Crippen LogP contribution in [0.2, 0.25) is 0 Å². The van der Waals surface area contributed by atoms with Crippen molar-refractivity contribution >= 4 is 86.5 Å². The Hall–Kier alpha value is -15.2. The van der Waals surface area contributed by atoms with Gasteiger partial charge in [-0.05, 0) is 160 Å². The first-order chi connectivity index (χ1) is 57.5. The first-order valence-corrected chi connectivity index (χ1v) is 40.1. The van der Waals surface area contributed by atoms with Crippen LogP contribution >= 0.6 is 22.7 Å². The summed E-state index contributed by atoms with van der Waals surface area (Å²) in [5, 5.41) is 7.55. The monoisotopic (exact) mass is 1520 g/mol. The van der Waals surface area contributed by atoms with Crippen molar-refractivity contribution in [3.05, 3.63) is 395 Å². The van der Waals surface area contributed by atoms with Crippen LogP contribution in [-0.2, 0) is 0 Å². The molecule has 11 nitrogen and oxygen atoms in total. The third kappa shape index (κ3) is 12.7. The van der Waals surface area contributed by atoms with E-state index in [4.69, 9.17) is 24.9 Å². The second kappa shape index (κ2) is 29.8. The molecule has 12 aromatic carbocycles. The highest BCUT2D eigenvalue weighted by Crippen LogP contribution is 2.52. The van der Waals surface area contributed by atoms with Gasteiger partial charge in [-0.1, -0.05) is 231 Å². The lowest BCUT2D eigenvalue weighted by Crippen LogP contribution is -2.00. The standard InChI is InChI=1S/C52H33N5S.C51H32N6S/c1-3-9-38(10-4-1)48-43-23-24-47-49(51(43)58-50(48)39-11-5-2-6-12-39)42-13-7-8-14-46(42)57(47)41-21-19-37(20-22-41)45-33-44(55-52(56-45)40-27-31-54-32-28-40)36-17-15-34(16-18-36)35-25-29-53-30-26-35;1-3-9-35(10-4-1)45-42-23-24-44-46(48(42)58-47(45)36-11-5-2-6-12-36)41-13-7-8-14-43(41)57(44)40-21-19-38(20-22-40)50-54-49(55-51(56-50)39-27-31-53-32-28-39)37-17-15-33(16-18-37)34-25-29-52-30-26-34/h1-33H;1-32H. The Morgan fingerprint density at radius 2 is 0.483 bits per heavy atom. The highest BCUT2D eigenvalue weighted by Gasteiger charge is 2.25. The number of rotatable bonds is 14. The molecule has 0 unspecified atom stereocenters. The number of pyridine rings is 4. The number of hydrogen-bond donors (Lipinski definition) is 0. The quantitative estimate of drug-likeness (QED) is 0.105. The van der Waals surface area contributed by atoms with Crippen molar-refractivity contribution in [2.75, 3.05) is 0 Å². The first-order valence-electron chi connectivity index (χ1n) is 38.4. The third-order valence-electron chi connectivity index (χ3n) is 21.6. The molecule has 0 bridgehead atoms. The second-order valence-electron chi connectivity index (χ2n) is 28.4. The van der Waals surface area contributed by atoms with Crippen LogP contribution in [0.5, 0.6) is 0 Å². The molecule has 10 aromatic heterocycles. The summed E-state index contributed by atoms with van der Waals surface area (Å²) in [6, 6.07) is 122. The molecule has 0 fully saturated rings. The minimum atomic E-state index is 0.594. The number of benzene rings is 12. The molecule has 10 heterocycles. The van der Waals surface area contributed by atoms with Gasteiger partial charge in [0, 0.05) is 157 Å². The van der Waals surface area contributed by atoms with Gasteiger partial charge < -0.3 is 9.13 Å². The molecule has 0 spiro atoms. The largest absolute Gasteiger partial charge is 0.309 e. The lowest BCUT2D eigenvalue weighted by molar-refractivity contribution is 1.07. The summed E-state index contributed by atoms with van der Waals surface area (Å²) in [4.78, 5) is 44.5. The molecule has 22 rings (SSSR count). The molecule has 0 amide bonds. The van der Waals surface area contributed by atoms with Gasteiger partial charge in [0.05, 0.1) is 33.5 Å². The van der Waals surface area contributed by atoms with Gasteiger partial charge >= 0.3 is 0 Å². The van der Waals surface area contributed by atoms with Crippen molar-refractivity contribution in [1.82, 2.24) is 54.0 Å². The molecule has 22 aromatic rings. The van der Waals surface area contributed by atoms with Crippen LogP contribution in [0.3, 0.4) is 0 Å². The fraction of sp³-hybridized carbons (Fsp3) is 0. The van der Waals surface area contributed by atoms with E-state index in [1.165, 1.54) is 101 Å². The summed E-state index contributed by atoms with van der Waals surface area (Å²) in [5.41, 5.74) is 26.1. The fourth-order valence-electron chi connectivity index (χ4n) is 16.1. The maximum Gasteiger partial charge on any atom is 0.164 e. The maximum atomic E-state index is 5.10. The van der Waals surface area contributed by atoms with Crippen LogP contribution < -0.4 is 0 Å². The molecule has 0 saturated carbocycles. The van der Waals surface area contributed by atoms with Crippen molar-refractivity contribution < 1.29 is 0 Å². The van der Waals surface area contributed by atoms with E-state index in [0.29, 0.717) is 23.3 Å². The van der Waals surface area contributed by atoms with Gasteiger partial charge in [-0.15, -0.1) is 22.7 Å². The average molecular weight is 1520 g/mol. The summed E-state index contributed by atoms with van der Waals surface area (Å²) in [5.74, 6) is 2.46. The zero-order chi connectivity index (χ0) is 76.8. The summed E-state index contributed by atoms with van der Waals surface area (Å²) in [7, 11) is 0. The lowest BCUT2D eigenvalue weighted by atomic mass is 9.98. The van der Waals surface area contributed by atoms with Gasteiger partial charge in [0.1, 0.15) is 0 Å². The number of thiophene rings is 2. The van der Waals surface area contributed by atoms with Gasteiger partial charge in [-0.2, -0.15) is 0 Å². The molecule has 0 saturated heterocycles. The Morgan fingerprint density at radius 1 is 0.198 bits per heavy atom. The zero-order valence-electron chi connectivity index (χ0n) is 62.3. The second-order valence-corrected chi connectivity index (χ2v) is 30.5. The molecule has 0 N–H and O–H groups in total. The van der Waals surface area contributed by atoms with E-state index in [-0.39, 0.29) is 0 Å². The molecule has 0 atom stereocenters. The van der Waals surface area contributed by atoms with E-state index in [9.17, 15) is 0 Å². The molecule has 0 aliphatic rings. The van der Waals surface area contributed by atoms with Gasteiger partial charge in [0.25, 0.3) is 0 Å². The predicted molar refractivity (Wildman–Crippen MR) is 478 cm³/mol. The SMILES string of the molecule is c1ccc(-c2sc3c(ccc4c3c3ccccc3n4-c3ccc(-c4cc(-c5ccc(-c6ccncc6)cc5)nc(-c5ccncc5)n4)cc3)c2-c2ccccc2)cc1.c1ccc(-c2sc3c(ccc4c3c3ccccc3n4-c3ccc(-c4nc(-c5ccncc5)nc(-c5ccc(-c6ccncc6)cc5)n4)cc3)c2-c2ccccc2)cc1. The van der Waals surface area contributed by atoms with Crippen LogP contribution in [0.1, 0.15) is 0 Å². The first kappa shape index (κ1) is 68.8. The van der Waals surface area contributed by atoms with Crippen LogP contribution in [0, 0.1) is 0 Å². The van der Waals surface area contributed by atoms with Crippen molar-refractivity contribution in [3.63, 3.8) is 0 Å². The fourth-order valence-corrected chi connectivity index (χ4v) is 18.8. The molecule has 0 radical (unpaired) electrons. The minimum Gasteiger partial charge on any atom is -0.309 e. The normalized spacial score (nSPS) is 11.4. The number of aromatic nitrogens is 11. The molecule has 116 heavy (non-hydrogen) atoms. The van der Waals surface area contributed by atoms with Crippen molar-refractivity contribution in [2.45, 2.75) is 0 Å². The Morgan fingerprint density at radius 3 is 0.862 bits per heavy atom. The van der Waals surface area contributed by atoms with Crippen LogP contribution in [-0.4, -0.2) is 54.0 Å². The van der Waals surface area contributed by atoms with Crippen molar-refractivity contribution in [1.29, 1.82) is 0 Å². The predicted octanol–water partition coefficient (Wildman–Crippen LogP) is 26.6. The molecule has 0 aliphatic carbocycles. The number of para-hydroxylation sites is 2. The van der Waals surface area contributed by atoms with E-state index in [1.54, 1.807) is 37.2 Å². The lowest BCUT2D eigenvalue weighted by Gasteiger charge is -2.12. The topological polar surface area (TPSA) is 126 Å². The van der Waals surface area contributed by atoms with E-state index in [0.717, 1.165) is 83.9 Å². The van der Waals surface area contributed by atoms with E-state index >= 15 is 0 Å². The van der Waals surface area contributed by atoms with Gasteiger partial charge in [0.2, 0.25) is 0 Å². The van der Waals surface area contributed by atoms with Crippen LogP contribution in [0.4, 0.5) is 0 Å². The molecular formula is C103H65N11S2. The smallest absolute Gasteiger partial charge is 0.164 e. The molecular weight excluding hydrogens is 1460 g/mol. The summed E-state index contributed by atoms with van der Waals surface area (Å²) in [6.07, 6.45) is 14.3. The molecule has 13 heteroatoms. The van der Waals surface area contributed by atoms with Crippen molar-refractivity contribution in [3.8, 4) is 145 Å². The highest BCUT2D eigenvalue weighted by molar-refractivity contribution is 7.24. The number of hydrogen-bond acceptors (Lipinski definition) is 11. The van der Waals surface area contributed by atoms with Gasteiger partial charge in [-0.3, -0.25) is 19.9 Å². The zero-order valence-corrected chi connectivity index (χ0v) is 63.9. The van der Waals surface area contributed by atoms with Gasteiger partial charge in [-0.25, -0.2) is 24.9 Å².